The predicted molar refractivity (Wildman–Crippen MR) is 80.3 cm³/mol. The van der Waals surface area contributed by atoms with E-state index in [4.69, 9.17) is 11.6 Å². The van der Waals surface area contributed by atoms with Gasteiger partial charge in [0.15, 0.2) is 0 Å². The van der Waals surface area contributed by atoms with E-state index in [0.717, 1.165) is 25.3 Å². The van der Waals surface area contributed by atoms with E-state index in [1.807, 2.05) is 12.1 Å². The second kappa shape index (κ2) is 5.34. The Kier molecular flexibility index (Phi) is 3.39. The number of nitrogens with zero attached hydrogens (tertiary/aromatic N) is 3. The predicted octanol–water partition coefficient (Wildman–Crippen LogP) is 1.34. The Hall–Kier alpha value is -2.34. The second-order valence-corrected chi connectivity index (χ2v) is 4.96. The van der Waals surface area contributed by atoms with Gasteiger partial charge in [-0.1, -0.05) is 30.3 Å². The summed E-state index contributed by atoms with van der Waals surface area (Å²) in [5.41, 5.74) is 9.59. The molecule has 0 amide bonds. The zero-order valence-electron chi connectivity index (χ0n) is 11.2. The molecule has 20 heavy (non-hydrogen) atoms. The van der Waals surface area contributed by atoms with Gasteiger partial charge in [0.25, 0.3) is 0 Å². The topological polar surface area (TPSA) is 93.1 Å². The van der Waals surface area contributed by atoms with Crippen molar-refractivity contribution in [2.24, 2.45) is 5.84 Å². The normalized spacial score (nSPS) is 18.2. The minimum atomic E-state index is 0.235. The third-order valence-electron chi connectivity index (χ3n) is 3.66. The van der Waals surface area contributed by atoms with E-state index >= 15 is 0 Å². The average molecular weight is 270 g/mol. The van der Waals surface area contributed by atoms with Crippen molar-refractivity contribution in [2.75, 3.05) is 29.1 Å². The molecule has 1 saturated heterocycles. The van der Waals surface area contributed by atoms with E-state index in [0.29, 0.717) is 11.7 Å². The number of benzene rings is 1. The van der Waals surface area contributed by atoms with Gasteiger partial charge in [-0.3, -0.25) is 0 Å². The quantitative estimate of drug-likeness (QED) is 0.575. The Labute approximate surface area is 117 Å². The largest absolute Gasteiger partial charge is 0.368 e. The SMILES string of the molecule is NNc1cc(N2CCC(c3ccccc3)C2)nc(N)n1. The number of aromatic nitrogens is 2. The molecule has 1 aliphatic rings. The van der Waals surface area contributed by atoms with Crippen molar-refractivity contribution in [3.05, 3.63) is 42.0 Å². The Bertz CT molecular complexity index is 585. The molecule has 1 aliphatic heterocycles. The number of anilines is 3. The fourth-order valence-electron chi connectivity index (χ4n) is 2.65. The van der Waals surface area contributed by atoms with Crippen LogP contribution in [0.2, 0.25) is 0 Å². The molecule has 1 fully saturated rings. The molecule has 104 valence electrons. The fraction of sp³-hybridized carbons (Fsp3) is 0.286. The van der Waals surface area contributed by atoms with Crippen molar-refractivity contribution in [1.29, 1.82) is 0 Å². The third-order valence-corrected chi connectivity index (χ3v) is 3.66. The first-order chi connectivity index (χ1) is 9.76. The molecule has 1 atom stereocenters. The van der Waals surface area contributed by atoms with Gasteiger partial charge in [0.2, 0.25) is 5.95 Å². The van der Waals surface area contributed by atoms with Crippen LogP contribution in [0.25, 0.3) is 0 Å². The molecule has 0 aliphatic carbocycles. The summed E-state index contributed by atoms with van der Waals surface area (Å²) in [7, 11) is 0. The van der Waals surface area contributed by atoms with E-state index in [1.165, 1.54) is 5.56 Å². The van der Waals surface area contributed by atoms with Crippen LogP contribution in [0.3, 0.4) is 0 Å². The number of hydrogen-bond acceptors (Lipinski definition) is 6. The van der Waals surface area contributed by atoms with Crippen LogP contribution in [0, 0.1) is 0 Å². The molecule has 0 bridgehead atoms. The molecule has 2 aromatic rings. The van der Waals surface area contributed by atoms with Gasteiger partial charge < -0.3 is 16.1 Å². The van der Waals surface area contributed by atoms with Gasteiger partial charge in [0.05, 0.1) is 0 Å². The van der Waals surface area contributed by atoms with Crippen LogP contribution in [0.5, 0.6) is 0 Å². The van der Waals surface area contributed by atoms with Crippen molar-refractivity contribution >= 4 is 17.6 Å². The summed E-state index contributed by atoms with van der Waals surface area (Å²) in [6.07, 6.45) is 1.11. The highest BCUT2D eigenvalue weighted by Crippen LogP contribution is 2.30. The molecule has 0 radical (unpaired) electrons. The van der Waals surface area contributed by atoms with Crippen molar-refractivity contribution in [2.45, 2.75) is 12.3 Å². The lowest BCUT2D eigenvalue weighted by Gasteiger charge is -2.18. The zero-order valence-corrected chi connectivity index (χ0v) is 11.2. The maximum atomic E-state index is 5.70. The Morgan fingerprint density at radius 3 is 2.75 bits per heavy atom. The minimum absolute atomic E-state index is 0.235. The number of hydrazine groups is 1. The molecule has 0 spiro atoms. The van der Waals surface area contributed by atoms with Crippen molar-refractivity contribution in [1.82, 2.24) is 9.97 Å². The number of rotatable bonds is 3. The summed E-state index contributed by atoms with van der Waals surface area (Å²) in [5, 5.41) is 0. The highest BCUT2D eigenvalue weighted by Gasteiger charge is 2.25. The van der Waals surface area contributed by atoms with Crippen LogP contribution < -0.4 is 21.9 Å². The number of nitrogens with two attached hydrogens (primary N) is 2. The van der Waals surface area contributed by atoms with Crippen LogP contribution in [0.1, 0.15) is 17.9 Å². The van der Waals surface area contributed by atoms with Crippen molar-refractivity contribution < 1.29 is 0 Å². The van der Waals surface area contributed by atoms with Gasteiger partial charge >= 0.3 is 0 Å². The molecule has 5 N–H and O–H groups in total. The van der Waals surface area contributed by atoms with E-state index in [-0.39, 0.29) is 5.95 Å². The van der Waals surface area contributed by atoms with E-state index in [2.05, 4.69) is 44.6 Å². The molecule has 1 unspecified atom stereocenters. The number of nitrogen functional groups attached to an aromatic ring is 2. The zero-order chi connectivity index (χ0) is 13.9. The monoisotopic (exact) mass is 270 g/mol. The molecule has 6 heteroatoms. The third kappa shape index (κ3) is 2.50. The van der Waals surface area contributed by atoms with E-state index < -0.39 is 0 Å². The van der Waals surface area contributed by atoms with Gasteiger partial charge in [-0.15, -0.1) is 0 Å². The average Bonchev–Trinajstić information content (AvgIpc) is 2.97. The summed E-state index contributed by atoms with van der Waals surface area (Å²) in [6, 6.07) is 12.4. The highest BCUT2D eigenvalue weighted by atomic mass is 15.3. The minimum Gasteiger partial charge on any atom is -0.368 e. The Morgan fingerprint density at radius 1 is 1.20 bits per heavy atom. The maximum absolute atomic E-state index is 5.70. The lowest BCUT2D eigenvalue weighted by Crippen LogP contribution is -2.22. The van der Waals surface area contributed by atoms with Crippen LogP contribution in [-0.4, -0.2) is 23.1 Å². The van der Waals surface area contributed by atoms with Gasteiger partial charge in [0, 0.05) is 25.1 Å². The molecular formula is C14H18N6. The van der Waals surface area contributed by atoms with Crippen molar-refractivity contribution in [3.8, 4) is 0 Å². The first-order valence-electron chi connectivity index (χ1n) is 6.67. The molecule has 1 aromatic heterocycles. The smallest absolute Gasteiger partial charge is 0.223 e. The first-order valence-corrected chi connectivity index (χ1v) is 6.67. The lowest BCUT2D eigenvalue weighted by atomic mass is 9.99. The summed E-state index contributed by atoms with van der Waals surface area (Å²) < 4.78 is 0. The summed E-state index contributed by atoms with van der Waals surface area (Å²) in [4.78, 5) is 10.5. The van der Waals surface area contributed by atoms with Crippen LogP contribution >= 0.6 is 0 Å². The van der Waals surface area contributed by atoms with Crippen LogP contribution in [0.4, 0.5) is 17.6 Å². The molecule has 3 rings (SSSR count). The van der Waals surface area contributed by atoms with Gasteiger partial charge in [-0.2, -0.15) is 9.97 Å². The molecule has 0 saturated carbocycles. The van der Waals surface area contributed by atoms with Gasteiger partial charge in [0.1, 0.15) is 11.6 Å². The lowest BCUT2D eigenvalue weighted by molar-refractivity contribution is 0.774. The highest BCUT2D eigenvalue weighted by molar-refractivity contribution is 5.53. The number of nitrogens with one attached hydrogen (secondary N) is 1. The molecule has 1 aromatic carbocycles. The first kappa shape index (κ1) is 12.7. The fourth-order valence-corrected chi connectivity index (χ4v) is 2.65. The summed E-state index contributed by atoms with van der Waals surface area (Å²) >= 11 is 0. The van der Waals surface area contributed by atoms with E-state index in [9.17, 15) is 0 Å². The standard InChI is InChI=1S/C14H18N6/c15-14-17-12(19-16)8-13(18-14)20-7-6-11(9-20)10-4-2-1-3-5-10/h1-5,8,11H,6-7,9,16H2,(H3,15,17,18,19). The van der Waals surface area contributed by atoms with Gasteiger partial charge in [-0.25, -0.2) is 5.84 Å². The van der Waals surface area contributed by atoms with Gasteiger partial charge in [-0.05, 0) is 12.0 Å². The van der Waals surface area contributed by atoms with Crippen LogP contribution in [-0.2, 0) is 0 Å². The molecular weight excluding hydrogens is 252 g/mol. The summed E-state index contributed by atoms with van der Waals surface area (Å²) in [5.74, 6) is 7.52. The Balaban J connectivity index is 1.79. The molecule has 6 nitrogen and oxygen atoms in total. The summed E-state index contributed by atoms with van der Waals surface area (Å²) in [6.45, 7) is 1.89. The number of hydrogen-bond donors (Lipinski definition) is 3. The van der Waals surface area contributed by atoms with Crippen LogP contribution in [0.15, 0.2) is 36.4 Å². The van der Waals surface area contributed by atoms with E-state index in [1.54, 1.807) is 0 Å². The molecule has 2 heterocycles. The maximum Gasteiger partial charge on any atom is 0.223 e. The second-order valence-electron chi connectivity index (χ2n) is 4.96. The Morgan fingerprint density at radius 2 is 2.00 bits per heavy atom. The van der Waals surface area contributed by atoms with Crippen molar-refractivity contribution in [3.63, 3.8) is 0 Å².